The first kappa shape index (κ1) is 65.2. The molecular weight excluding hydrogens is 851 g/mol. The predicted octanol–water partition coefficient (Wildman–Crippen LogP) is 15.0. The molecule has 1 aliphatic rings. The smallest absolute Gasteiger partial charge is 0.220 e. The summed E-state index contributed by atoms with van der Waals surface area (Å²) in [6, 6.07) is -0.714. The van der Waals surface area contributed by atoms with Gasteiger partial charge in [-0.15, -0.1) is 0 Å². The highest BCUT2D eigenvalue weighted by molar-refractivity contribution is 5.76. The molecule has 0 aromatic carbocycles. The van der Waals surface area contributed by atoms with Crippen molar-refractivity contribution in [3.63, 3.8) is 0 Å². The van der Waals surface area contributed by atoms with Gasteiger partial charge in [0.25, 0.3) is 0 Å². The zero-order valence-electron chi connectivity index (χ0n) is 45.2. The molecule has 1 fully saturated rings. The fourth-order valence-electron chi connectivity index (χ4n) is 10.2. The molecule has 1 heterocycles. The highest BCUT2D eigenvalue weighted by Gasteiger charge is 2.44. The van der Waals surface area contributed by atoms with E-state index in [2.05, 4.69) is 19.2 Å². The van der Waals surface area contributed by atoms with Gasteiger partial charge in [-0.25, -0.2) is 0 Å². The first-order valence-corrected chi connectivity index (χ1v) is 30.2. The number of ether oxygens (including phenoxy) is 2. The van der Waals surface area contributed by atoms with Crippen molar-refractivity contribution in [2.45, 2.75) is 358 Å². The molecule has 9 heteroatoms. The van der Waals surface area contributed by atoms with Gasteiger partial charge < -0.3 is 40.3 Å². The van der Waals surface area contributed by atoms with Crippen LogP contribution in [-0.4, -0.2) is 87.5 Å². The second-order valence-corrected chi connectivity index (χ2v) is 21.5. The Morgan fingerprint density at radius 2 is 0.735 bits per heavy atom. The number of aliphatic hydroxyl groups excluding tert-OH is 5. The van der Waals surface area contributed by atoms with Crippen LogP contribution in [0.3, 0.4) is 0 Å². The van der Waals surface area contributed by atoms with Crippen molar-refractivity contribution in [2.24, 2.45) is 0 Å². The van der Waals surface area contributed by atoms with E-state index < -0.39 is 49.5 Å². The van der Waals surface area contributed by atoms with E-state index in [0.717, 1.165) is 38.5 Å². The SMILES string of the molecule is CCCCCCCCCCCCCCCCCCCCCCCCCCCC(=O)NC(COC1OC(CO)C(O)C(O)C1O)C(O)CCCCCCCCCCCCCCCCCCCCCC. The Bertz CT molecular complexity index is 1030. The van der Waals surface area contributed by atoms with Crippen LogP contribution in [0.25, 0.3) is 0 Å². The van der Waals surface area contributed by atoms with Gasteiger partial charge in [0, 0.05) is 6.42 Å². The molecule has 7 atom stereocenters. The topological polar surface area (TPSA) is 149 Å². The second-order valence-electron chi connectivity index (χ2n) is 21.5. The quantitative estimate of drug-likeness (QED) is 0.0330. The van der Waals surface area contributed by atoms with Crippen molar-refractivity contribution in [3.05, 3.63) is 0 Å². The van der Waals surface area contributed by atoms with E-state index in [-0.39, 0.29) is 12.5 Å². The summed E-state index contributed by atoms with van der Waals surface area (Å²) in [6.45, 7) is 3.89. The van der Waals surface area contributed by atoms with Crippen LogP contribution in [-0.2, 0) is 14.3 Å². The number of hydrogen-bond acceptors (Lipinski definition) is 8. The molecule has 1 rings (SSSR count). The van der Waals surface area contributed by atoms with Crippen molar-refractivity contribution < 1.29 is 39.8 Å². The van der Waals surface area contributed by atoms with Gasteiger partial charge >= 0.3 is 0 Å². The van der Waals surface area contributed by atoms with Crippen molar-refractivity contribution in [3.8, 4) is 0 Å². The maximum absolute atomic E-state index is 13.1. The number of hydrogen-bond donors (Lipinski definition) is 6. The molecule has 0 spiro atoms. The third-order valence-corrected chi connectivity index (χ3v) is 15.0. The minimum atomic E-state index is -1.55. The number of rotatable bonds is 53. The van der Waals surface area contributed by atoms with E-state index in [1.165, 1.54) is 250 Å². The molecular formula is C59H117NO8. The summed E-state index contributed by atoms with van der Waals surface area (Å²) >= 11 is 0. The van der Waals surface area contributed by atoms with Crippen LogP contribution in [0.4, 0.5) is 0 Å². The molecule has 0 bridgehead atoms. The summed E-state index contributed by atoms with van der Waals surface area (Å²) in [4.78, 5) is 13.1. The molecule has 0 radical (unpaired) electrons. The average Bonchev–Trinajstić information content (AvgIpc) is 3.34. The number of carbonyl (C=O) groups is 1. The molecule has 7 unspecified atom stereocenters. The Labute approximate surface area is 421 Å². The maximum Gasteiger partial charge on any atom is 0.220 e. The van der Waals surface area contributed by atoms with Crippen LogP contribution in [0, 0.1) is 0 Å². The van der Waals surface area contributed by atoms with Gasteiger partial charge in [0.05, 0.1) is 25.4 Å². The molecule has 1 saturated heterocycles. The minimum Gasteiger partial charge on any atom is -0.394 e. The van der Waals surface area contributed by atoms with Crippen molar-refractivity contribution in [1.29, 1.82) is 0 Å². The molecule has 9 nitrogen and oxygen atoms in total. The molecule has 0 saturated carbocycles. The normalized spacial score (nSPS) is 19.4. The molecule has 6 N–H and O–H groups in total. The number of carbonyl (C=O) groups excluding carboxylic acids is 1. The van der Waals surface area contributed by atoms with E-state index in [9.17, 15) is 30.3 Å². The molecule has 0 aromatic heterocycles. The number of unbranched alkanes of at least 4 members (excludes halogenated alkanes) is 43. The van der Waals surface area contributed by atoms with Crippen LogP contribution >= 0.6 is 0 Å². The summed E-state index contributed by atoms with van der Waals surface area (Å²) in [6.07, 6.45) is 52.8. The lowest BCUT2D eigenvalue weighted by molar-refractivity contribution is -0.302. The van der Waals surface area contributed by atoms with Gasteiger partial charge in [0.2, 0.25) is 5.91 Å². The van der Waals surface area contributed by atoms with E-state index in [4.69, 9.17) is 9.47 Å². The van der Waals surface area contributed by atoms with Crippen LogP contribution in [0.5, 0.6) is 0 Å². The van der Waals surface area contributed by atoms with E-state index in [0.29, 0.717) is 12.8 Å². The first-order chi connectivity index (χ1) is 33.3. The standard InChI is InChI=1S/C59H117NO8/c1-3-5-7-9-11-13-15-17-19-21-23-25-26-27-28-29-31-33-35-37-39-41-43-45-47-49-55(63)60-52(51-67-59-58(66)57(65)56(64)54(50-61)68-59)53(62)48-46-44-42-40-38-36-34-32-30-24-22-20-18-16-14-12-10-8-6-4-2/h52-54,56-59,61-62,64-66H,3-51H2,1-2H3,(H,60,63). The highest BCUT2D eigenvalue weighted by Crippen LogP contribution is 2.24. The minimum absolute atomic E-state index is 0.131. The molecule has 406 valence electrons. The fourth-order valence-corrected chi connectivity index (χ4v) is 10.2. The molecule has 0 aromatic rings. The Morgan fingerprint density at radius 3 is 1.04 bits per heavy atom. The molecule has 1 amide bonds. The van der Waals surface area contributed by atoms with Crippen molar-refractivity contribution in [1.82, 2.24) is 5.32 Å². The zero-order valence-corrected chi connectivity index (χ0v) is 45.2. The van der Waals surface area contributed by atoms with Gasteiger partial charge in [-0.1, -0.05) is 296 Å². The molecule has 1 aliphatic heterocycles. The summed E-state index contributed by atoms with van der Waals surface area (Å²) in [7, 11) is 0. The van der Waals surface area contributed by atoms with E-state index in [1.54, 1.807) is 0 Å². The van der Waals surface area contributed by atoms with Gasteiger partial charge in [-0.05, 0) is 12.8 Å². The zero-order chi connectivity index (χ0) is 49.4. The lowest BCUT2D eigenvalue weighted by Crippen LogP contribution is -2.60. The first-order valence-electron chi connectivity index (χ1n) is 30.2. The third kappa shape index (κ3) is 38.8. The second kappa shape index (κ2) is 49.8. The number of amides is 1. The monoisotopic (exact) mass is 968 g/mol. The van der Waals surface area contributed by atoms with Gasteiger partial charge in [-0.3, -0.25) is 4.79 Å². The van der Waals surface area contributed by atoms with Crippen LogP contribution in [0.15, 0.2) is 0 Å². The van der Waals surface area contributed by atoms with E-state index >= 15 is 0 Å². The number of nitrogens with one attached hydrogen (secondary N) is 1. The third-order valence-electron chi connectivity index (χ3n) is 15.0. The Balaban J connectivity index is 2.16. The highest BCUT2D eigenvalue weighted by atomic mass is 16.7. The largest absolute Gasteiger partial charge is 0.394 e. The summed E-state index contributed by atoms with van der Waals surface area (Å²) in [5.74, 6) is -0.135. The van der Waals surface area contributed by atoms with E-state index in [1.807, 2.05) is 0 Å². The van der Waals surface area contributed by atoms with Crippen LogP contribution in [0.2, 0.25) is 0 Å². The molecule has 0 aliphatic carbocycles. The van der Waals surface area contributed by atoms with Gasteiger partial charge in [0.1, 0.15) is 24.4 Å². The lowest BCUT2D eigenvalue weighted by atomic mass is 9.99. The summed E-state index contributed by atoms with van der Waals surface area (Å²) < 4.78 is 11.3. The summed E-state index contributed by atoms with van der Waals surface area (Å²) in [5, 5.41) is 54.7. The Kier molecular flexibility index (Phi) is 47.7. The lowest BCUT2D eigenvalue weighted by Gasteiger charge is -2.40. The fraction of sp³-hybridized carbons (Fsp3) is 0.983. The predicted molar refractivity (Wildman–Crippen MR) is 286 cm³/mol. The average molecular weight is 969 g/mol. The van der Waals surface area contributed by atoms with Crippen LogP contribution < -0.4 is 5.32 Å². The maximum atomic E-state index is 13.1. The summed E-state index contributed by atoms with van der Waals surface area (Å²) in [5.41, 5.74) is 0. The van der Waals surface area contributed by atoms with Crippen molar-refractivity contribution >= 4 is 5.91 Å². The van der Waals surface area contributed by atoms with Crippen molar-refractivity contribution in [2.75, 3.05) is 13.2 Å². The Morgan fingerprint density at radius 1 is 0.441 bits per heavy atom. The van der Waals surface area contributed by atoms with Crippen LogP contribution in [0.1, 0.15) is 316 Å². The van der Waals surface area contributed by atoms with Gasteiger partial charge in [-0.2, -0.15) is 0 Å². The number of aliphatic hydroxyl groups is 5. The molecule has 68 heavy (non-hydrogen) atoms. The van der Waals surface area contributed by atoms with Gasteiger partial charge in [0.15, 0.2) is 6.29 Å². The Hall–Kier alpha value is -0.810.